The maximum Gasteiger partial charge on any atom is 0.346 e. The standard InChI is InChI=1S/C12H12N2O2/c1-2-14-8-4-7-11(14)6-3-5-10(9-13)12(15)16/h3-8H,2H2,1H3,(H,15,16). The van der Waals surface area contributed by atoms with E-state index in [9.17, 15) is 4.79 Å². The Morgan fingerprint density at radius 2 is 2.44 bits per heavy atom. The van der Waals surface area contributed by atoms with E-state index in [1.54, 1.807) is 18.2 Å². The third-order valence-corrected chi connectivity index (χ3v) is 2.09. The van der Waals surface area contributed by atoms with Gasteiger partial charge in [-0.15, -0.1) is 0 Å². The zero-order chi connectivity index (χ0) is 12.0. The Balaban J connectivity index is 2.83. The topological polar surface area (TPSA) is 66.0 Å². The molecule has 0 aliphatic heterocycles. The summed E-state index contributed by atoms with van der Waals surface area (Å²) in [7, 11) is 0. The van der Waals surface area contributed by atoms with E-state index in [0.29, 0.717) is 0 Å². The first-order valence-electron chi connectivity index (χ1n) is 4.86. The summed E-state index contributed by atoms with van der Waals surface area (Å²) < 4.78 is 2.01. The fourth-order valence-corrected chi connectivity index (χ4v) is 1.27. The second kappa shape index (κ2) is 5.56. The van der Waals surface area contributed by atoms with Crippen LogP contribution in [0.4, 0.5) is 0 Å². The van der Waals surface area contributed by atoms with Gasteiger partial charge in [-0.25, -0.2) is 4.79 Å². The van der Waals surface area contributed by atoms with Crippen molar-refractivity contribution in [2.45, 2.75) is 13.5 Å². The van der Waals surface area contributed by atoms with E-state index in [1.807, 2.05) is 29.8 Å². The second-order valence-corrected chi connectivity index (χ2v) is 3.08. The molecule has 0 atom stereocenters. The lowest BCUT2D eigenvalue weighted by atomic mass is 10.2. The molecule has 1 aromatic rings. The summed E-state index contributed by atoms with van der Waals surface area (Å²) in [6.07, 6.45) is 6.55. The van der Waals surface area contributed by atoms with Gasteiger partial charge in [0, 0.05) is 18.4 Å². The van der Waals surface area contributed by atoms with Crippen molar-refractivity contribution in [1.29, 1.82) is 5.26 Å². The van der Waals surface area contributed by atoms with E-state index in [0.717, 1.165) is 12.2 Å². The van der Waals surface area contributed by atoms with Crippen LogP contribution in [0.3, 0.4) is 0 Å². The lowest BCUT2D eigenvalue weighted by Crippen LogP contribution is -1.97. The predicted molar refractivity (Wildman–Crippen MR) is 60.5 cm³/mol. The highest BCUT2D eigenvalue weighted by Crippen LogP contribution is 2.05. The minimum absolute atomic E-state index is 0.272. The van der Waals surface area contributed by atoms with Crippen molar-refractivity contribution < 1.29 is 9.90 Å². The Labute approximate surface area is 93.7 Å². The average molecular weight is 216 g/mol. The molecule has 0 aliphatic rings. The minimum Gasteiger partial charge on any atom is -0.477 e. The molecule has 0 aromatic carbocycles. The Kier molecular flexibility index (Phi) is 4.10. The molecule has 0 bridgehead atoms. The quantitative estimate of drug-likeness (QED) is 0.476. The number of aliphatic carboxylic acids is 1. The molecule has 1 N–H and O–H groups in total. The van der Waals surface area contributed by atoms with Crippen LogP contribution in [0.5, 0.6) is 0 Å². The van der Waals surface area contributed by atoms with Crippen molar-refractivity contribution in [3.05, 3.63) is 41.7 Å². The Bertz CT molecular complexity index is 475. The normalized spacial score (nSPS) is 11.6. The van der Waals surface area contributed by atoms with Gasteiger partial charge in [0.05, 0.1) is 0 Å². The summed E-state index contributed by atoms with van der Waals surface area (Å²) in [6.45, 7) is 2.87. The molecule has 4 nitrogen and oxygen atoms in total. The van der Waals surface area contributed by atoms with Gasteiger partial charge in [0.1, 0.15) is 11.6 Å². The van der Waals surface area contributed by atoms with Gasteiger partial charge in [-0.05, 0) is 31.2 Å². The number of carboxylic acids is 1. The van der Waals surface area contributed by atoms with Crippen LogP contribution < -0.4 is 0 Å². The maximum atomic E-state index is 10.5. The highest BCUT2D eigenvalue weighted by molar-refractivity contribution is 5.91. The Hall–Kier alpha value is -2.28. The van der Waals surface area contributed by atoms with Crippen LogP contribution in [-0.4, -0.2) is 15.6 Å². The lowest BCUT2D eigenvalue weighted by Gasteiger charge is -1.99. The van der Waals surface area contributed by atoms with E-state index >= 15 is 0 Å². The minimum atomic E-state index is -1.21. The maximum absolute atomic E-state index is 10.5. The molecule has 1 heterocycles. The molecule has 0 aliphatic carbocycles. The van der Waals surface area contributed by atoms with Crippen LogP contribution in [0.25, 0.3) is 6.08 Å². The molecule has 1 aromatic heterocycles. The number of rotatable bonds is 4. The van der Waals surface area contributed by atoms with Gasteiger partial charge < -0.3 is 9.67 Å². The van der Waals surface area contributed by atoms with Crippen molar-refractivity contribution in [2.75, 3.05) is 0 Å². The Morgan fingerprint density at radius 1 is 1.69 bits per heavy atom. The molecule has 0 spiro atoms. The average Bonchev–Trinajstić information content (AvgIpc) is 2.71. The number of aromatic nitrogens is 1. The molecule has 0 fully saturated rings. The van der Waals surface area contributed by atoms with Crippen LogP contribution >= 0.6 is 0 Å². The van der Waals surface area contributed by atoms with Crippen molar-refractivity contribution >= 4 is 12.0 Å². The second-order valence-electron chi connectivity index (χ2n) is 3.08. The zero-order valence-electron chi connectivity index (χ0n) is 8.92. The number of aryl methyl sites for hydroxylation is 1. The number of hydrogen-bond acceptors (Lipinski definition) is 2. The first kappa shape index (κ1) is 11.8. The number of hydrogen-bond donors (Lipinski definition) is 1. The molecule has 82 valence electrons. The predicted octanol–water partition coefficient (Wildman–Crippen LogP) is 2.06. The van der Waals surface area contributed by atoms with Crippen molar-refractivity contribution in [3.63, 3.8) is 0 Å². The van der Waals surface area contributed by atoms with E-state index in [2.05, 4.69) is 0 Å². The molecule has 4 heteroatoms. The largest absolute Gasteiger partial charge is 0.477 e. The van der Waals surface area contributed by atoms with E-state index in [1.165, 1.54) is 6.08 Å². The van der Waals surface area contributed by atoms with Crippen LogP contribution in [0.2, 0.25) is 0 Å². The van der Waals surface area contributed by atoms with E-state index in [-0.39, 0.29) is 5.57 Å². The van der Waals surface area contributed by atoms with Gasteiger partial charge in [-0.3, -0.25) is 0 Å². The number of carboxylic acid groups (broad SMARTS) is 1. The first-order valence-corrected chi connectivity index (χ1v) is 4.86. The van der Waals surface area contributed by atoms with Gasteiger partial charge >= 0.3 is 5.97 Å². The summed E-state index contributed by atoms with van der Waals surface area (Å²) in [5, 5.41) is 17.1. The molecular formula is C12H12N2O2. The van der Waals surface area contributed by atoms with Crippen molar-refractivity contribution in [2.24, 2.45) is 0 Å². The van der Waals surface area contributed by atoms with Crippen molar-refractivity contribution in [1.82, 2.24) is 4.57 Å². The number of carbonyl (C=O) groups is 1. The summed E-state index contributed by atoms with van der Waals surface area (Å²) in [5.74, 6) is -1.21. The fraction of sp³-hybridized carbons (Fsp3) is 0.167. The summed E-state index contributed by atoms with van der Waals surface area (Å²) in [6, 6.07) is 5.44. The van der Waals surface area contributed by atoms with Gasteiger partial charge in [0.15, 0.2) is 0 Å². The molecule has 1 rings (SSSR count). The smallest absolute Gasteiger partial charge is 0.346 e. The number of allylic oxidation sites excluding steroid dienone is 2. The summed E-state index contributed by atoms with van der Waals surface area (Å²) in [4.78, 5) is 10.5. The highest BCUT2D eigenvalue weighted by atomic mass is 16.4. The van der Waals surface area contributed by atoms with Gasteiger partial charge in [0.2, 0.25) is 0 Å². The van der Waals surface area contributed by atoms with Gasteiger partial charge in [-0.2, -0.15) is 5.26 Å². The Morgan fingerprint density at radius 3 is 3.00 bits per heavy atom. The third kappa shape index (κ3) is 2.85. The monoisotopic (exact) mass is 216 g/mol. The van der Waals surface area contributed by atoms with Crippen molar-refractivity contribution in [3.8, 4) is 6.07 Å². The SMILES string of the molecule is CCn1cccc1C=CC=C(C#N)C(=O)O. The summed E-state index contributed by atoms with van der Waals surface area (Å²) in [5.41, 5.74) is 0.701. The highest BCUT2D eigenvalue weighted by Gasteiger charge is 2.02. The van der Waals surface area contributed by atoms with Gasteiger partial charge in [-0.1, -0.05) is 6.08 Å². The molecule has 0 radical (unpaired) electrons. The number of nitrogens with zero attached hydrogens (tertiary/aromatic N) is 2. The van der Waals surface area contributed by atoms with Gasteiger partial charge in [0.25, 0.3) is 0 Å². The fourth-order valence-electron chi connectivity index (χ4n) is 1.27. The van der Waals surface area contributed by atoms with E-state index in [4.69, 9.17) is 10.4 Å². The van der Waals surface area contributed by atoms with E-state index < -0.39 is 5.97 Å². The molecule has 0 amide bonds. The van der Waals surface area contributed by atoms with Crippen LogP contribution in [-0.2, 0) is 11.3 Å². The molecule has 0 unspecified atom stereocenters. The van der Waals surface area contributed by atoms with Crippen LogP contribution in [0.1, 0.15) is 12.6 Å². The lowest BCUT2D eigenvalue weighted by molar-refractivity contribution is -0.132. The third-order valence-electron chi connectivity index (χ3n) is 2.09. The molecule has 0 saturated heterocycles. The van der Waals surface area contributed by atoms with Crippen LogP contribution in [0.15, 0.2) is 36.1 Å². The molecule has 16 heavy (non-hydrogen) atoms. The van der Waals surface area contributed by atoms with Crippen LogP contribution in [0, 0.1) is 11.3 Å². The molecule has 0 saturated carbocycles. The zero-order valence-corrected chi connectivity index (χ0v) is 8.92. The first-order chi connectivity index (χ1) is 7.69. The molecular weight excluding hydrogens is 204 g/mol. The summed E-state index contributed by atoms with van der Waals surface area (Å²) >= 11 is 0. The number of nitriles is 1.